The summed E-state index contributed by atoms with van der Waals surface area (Å²) >= 11 is 0. The number of hydrogen-bond acceptors (Lipinski definition) is 3. The van der Waals surface area contributed by atoms with Gasteiger partial charge in [-0.2, -0.15) is 0 Å². The zero-order valence-corrected chi connectivity index (χ0v) is 20.7. The lowest BCUT2D eigenvalue weighted by atomic mass is 10.0. The predicted octanol–water partition coefficient (Wildman–Crippen LogP) is 3.13. The summed E-state index contributed by atoms with van der Waals surface area (Å²) in [6.07, 6.45) is 6.77. The summed E-state index contributed by atoms with van der Waals surface area (Å²) in [7, 11) is 1.80. The topological polar surface area (TPSA) is 68.8 Å². The molecule has 1 heterocycles. The van der Waals surface area contributed by atoms with E-state index in [1.165, 1.54) is 31.2 Å². The Morgan fingerprint density at radius 1 is 1.13 bits per heavy atom. The van der Waals surface area contributed by atoms with Crippen LogP contribution in [0, 0.1) is 5.92 Å². The molecule has 7 heteroatoms. The number of nitrogens with zero attached hydrogens (tertiary/aromatic N) is 2. The lowest BCUT2D eigenvalue weighted by Crippen LogP contribution is -2.46. The van der Waals surface area contributed by atoms with Gasteiger partial charge < -0.3 is 16.0 Å². The zero-order chi connectivity index (χ0) is 20.5. The number of nitrogens with one attached hydrogen (secondary N) is 3. The van der Waals surface area contributed by atoms with Crippen LogP contribution in [0.2, 0.25) is 0 Å². The van der Waals surface area contributed by atoms with Gasteiger partial charge in [0, 0.05) is 51.7 Å². The first kappa shape index (κ1) is 24.9. The fourth-order valence-corrected chi connectivity index (χ4v) is 4.56. The molecule has 1 aromatic carbocycles. The number of guanidine groups is 1. The van der Waals surface area contributed by atoms with E-state index in [0.717, 1.165) is 25.5 Å². The van der Waals surface area contributed by atoms with E-state index in [1.807, 2.05) is 0 Å². The van der Waals surface area contributed by atoms with Crippen LogP contribution in [0.15, 0.2) is 35.3 Å². The third-order valence-corrected chi connectivity index (χ3v) is 6.19. The second kappa shape index (κ2) is 13.1. The molecule has 0 bridgehead atoms. The molecule has 2 fully saturated rings. The first-order valence-electron chi connectivity index (χ1n) is 11.2. The van der Waals surface area contributed by atoms with E-state index in [9.17, 15) is 4.79 Å². The number of carbonyl (C=O) groups excluding carboxylic acids is 1. The molecule has 1 aliphatic heterocycles. The maximum absolute atomic E-state index is 12.0. The summed E-state index contributed by atoms with van der Waals surface area (Å²) in [6, 6.07) is 11.6. The Labute approximate surface area is 198 Å². The van der Waals surface area contributed by atoms with E-state index in [1.54, 1.807) is 7.05 Å². The Balaban J connectivity index is 0.00000320. The fourth-order valence-electron chi connectivity index (χ4n) is 4.56. The van der Waals surface area contributed by atoms with Crippen LogP contribution in [0.25, 0.3) is 0 Å². The average Bonchev–Trinajstić information content (AvgIpc) is 3.35. The zero-order valence-electron chi connectivity index (χ0n) is 18.4. The van der Waals surface area contributed by atoms with E-state index >= 15 is 0 Å². The molecule has 6 nitrogen and oxygen atoms in total. The first-order valence-corrected chi connectivity index (χ1v) is 11.2. The molecule has 0 radical (unpaired) electrons. The maximum atomic E-state index is 12.0. The second-order valence-corrected chi connectivity index (χ2v) is 8.54. The van der Waals surface area contributed by atoms with Gasteiger partial charge in [-0.25, -0.2) is 0 Å². The van der Waals surface area contributed by atoms with Crippen LogP contribution in [0.3, 0.4) is 0 Å². The highest BCUT2D eigenvalue weighted by Crippen LogP contribution is 2.27. The first-order chi connectivity index (χ1) is 14.1. The van der Waals surface area contributed by atoms with Gasteiger partial charge in [-0.3, -0.25) is 14.7 Å². The van der Waals surface area contributed by atoms with Gasteiger partial charge in [-0.1, -0.05) is 43.2 Å². The molecule has 2 unspecified atom stereocenters. The number of aliphatic imine (C=N–C) groups is 1. The normalized spacial score (nSPS) is 22.5. The van der Waals surface area contributed by atoms with Gasteiger partial charge in [0.1, 0.15) is 0 Å². The van der Waals surface area contributed by atoms with Crippen molar-refractivity contribution in [2.24, 2.45) is 10.9 Å². The smallest absolute Gasteiger partial charge is 0.220 e. The van der Waals surface area contributed by atoms with Crippen LogP contribution in [0.1, 0.15) is 51.0 Å². The van der Waals surface area contributed by atoms with Crippen LogP contribution in [-0.4, -0.2) is 55.5 Å². The van der Waals surface area contributed by atoms with Gasteiger partial charge in [-0.05, 0) is 37.7 Å². The molecule has 1 aliphatic carbocycles. The quantitative estimate of drug-likeness (QED) is 0.210. The van der Waals surface area contributed by atoms with Crippen LogP contribution < -0.4 is 16.0 Å². The molecule has 1 saturated heterocycles. The lowest BCUT2D eigenvalue weighted by molar-refractivity contribution is -0.121. The number of hydrogen-bond donors (Lipinski definition) is 3. The van der Waals surface area contributed by atoms with Crippen LogP contribution in [-0.2, 0) is 11.3 Å². The Morgan fingerprint density at radius 3 is 2.53 bits per heavy atom. The van der Waals surface area contributed by atoms with Crippen LogP contribution in [0.4, 0.5) is 0 Å². The van der Waals surface area contributed by atoms with Crippen molar-refractivity contribution in [1.82, 2.24) is 20.9 Å². The van der Waals surface area contributed by atoms with Crippen molar-refractivity contribution in [1.29, 1.82) is 0 Å². The molecule has 3 N–H and O–H groups in total. The fraction of sp³-hybridized carbons (Fsp3) is 0.652. The SMILES string of the molecule is CN=C(NCCNC(=O)CC1CCCC1)NC1CC(C)N(Cc2ccccc2)C1.I. The largest absolute Gasteiger partial charge is 0.355 e. The highest BCUT2D eigenvalue weighted by molar-refractivity contribution is 14.0. The Bertz CT molecular complexity index is 663. The summed E-state index contributed by atoms with van der Waals surface area (Å²) in [6.45, 7) is 5.61. The predicted molar refractivity (Wildman–Crippen MR) is 134 cm³/mol. The van der Waals surface area contributed by atoms with Crippen molar-refractivity contribution in [2.45, 2.75) is 64.1 Å². The van der Waals surface area contributed by atoms with E-state index in [-0.39, 0.29) is 29.9 Å². The van der Waals surface area contributed by atoms with Crippen molar-refractivity contribution in [3.05, 3.63) is 35.9 Å². The Morgan fingerprint density at radius 2 is 1.83 bits per heavy atom. The number of carbonyl (C=O) groups is 1. The number of rotatable bonds is 8. The molecule has 3 rings (SSSR count). The molecule has 0 spiro atoms. The Hall–Kier alpha value is -1.35. The third-order valence-electron chi connectivity index (χ3n) is 6.19. The number of benzene rings is 1. The summed E-state index contributed by atoms with van der Waals surface area (Å²) in [5, 5.41) is 9.91. The molecule has 0 aromatic heterocycles. The monoisotopic (exact) mass is 527 g/mol. The van der Waals surface area contributed by atoms with E-state index < -0.39 is 0 Å². The average molecular weight is 527 g/mol. The summed E-state index contributed by atoms with van der Waals surface area (Å²) in [4.78, 5) is 18.9. The summed E-state index contributed by atoms with van der Waals surface area (Å²) in [5.41, 5.74) is 1.36. The standard InChI is InChI=1S/C23H37N5O.HI/c1-18-14-21(17-28(18)16-20-10-4-3-5-11-20)27-23(24-2)26-13-12-25-22(29)15-19-8-6-7-9-19;/h3-5,10-11,18-19,21H,6-9,12-17H2,1-2H3,(H,25,29)(H2,24,26,27);1H. The molecule has 1 saturated carbocycles. The van der Waals surface area contributed by atoms with Gasteiger partial charge in [-0.15, -0.1) is 24.0 Å². The van der Waals surface area contributed by atoms with Crippen LogP contribution >= 0.6 is 24.0 Å². The number of likely N-dealkylation sites (tertiary alicyclic amines) is 1. The molecule has 2 atom stereocenters. The second-order valence-electron chi connectivity index (χ2n) is 8.54. The van der Waals surface area contributed by atoms with Crippen molar-refractivity contribution >= 4 is 35.8 Å². The van der Waals surface area contributed by atoms with E-state index in [4.69, 9.17) is 0 Å². The van der Waals surface area contributed by atoms with Gasteiger partial charge >= 0.3 is 0 Å². The minimum atomic E-state index is 0. The van der Waals surface area contributed by atoms with Gasteiger partial charge in [0.05, 0.1) is 0 Å². The lowest BCUT2D eigenvalue weighted by Gasteiger charge is -2.21. The van der Waals surface area contributed by atoms with Gasteiger partial charge in [0.15, 0.2) is 5.96 Å². The van der Waals surface area contributed by atoms with Crippen molar-refractivity contribution in [2.75, 3.05) is 26.7 Å². The van der Waals surface area contributed by atoms with Gasteiger partial charge in [0.25, 0.3) is 0 Å². The van der Waals surface area contributed by atoms with E-state index in [0.29, 0.717) is 37.5 Å². The molecule has 1 amide bonds. The minimum Gasteiger partial charge on any atom is -0.355 e. The Kier molecular flexibility index (Phi) is 10.9. The number of amides is 1. The summed E-state index contributed by atoms with van der Waals surface area (Å²) < 4.78 is 0. The number of halogens is 1. The van der Waals surface area contributed by atoms with E-state index in [2.05, 4.69) is 63.1 Å². The van der Waals surface area contributed by atoms with Gasteiger partial charge in [0.2, 0.25) is 5.91 Å². The minimum absolute atomic E-state index is 0. The van der Waals surface area contributed by atoms with Crippen molar-refractivity contribution in [3.63, 3.8) is 0 Å². The van der Waals surface area contributed by atoms with Crippen molar-refractivity contribution < 1.29 is 4.79 Å². The molecule has 30 heavy (non-hydrogen) atoms. The molecular formula is C23H38IN5O. The summed E-state index contributed by atoms with van der Waals surface area (Å²) in [5.74, 6) is 1.59. The third kappa shape index (κ3) is 8.06. The highest BCUT2D eigenvalue weighted by Gasteiger charge is 2.29. The van der Waals surface area contributed by atoms with Crippen LogP contribution in [0.5, 0.6) is 0 Å². The molecule has 2 aliphatic rings. The maximum Gasteiger partial charge on any atom is 0.220 e. The molecule has 168 valence electrons. The van der Waals surface area contributed by atoms with Crippen molar-refractivity contribution in [3.8, 4) is 0 Å². The highest BCUT2D eigenvalue weighted by atomic mass is 127. The molecular weight excluding hydrogens is 489 g/mol. The molecule has 1 aromatic rings.